The highest BCUT2D eigenvalue weighted by molar-refractivity contribution is 6.36. The zero-order valence-electron chi connectivity index (χ0n) is 10.7. The molecular formula is C12H13Cl2N3O4. The molecule has 0 saturated carbocycles. The van der Waals surface area contributed by atoms with E-state index in [1.54, 1.807) is 0 Å². The van der Waals surface area contributed by atoms with Crippen LogP contribution < -0.4 is 16.4 Å². The molecule has 0 saturated heterocycles. The Balaban J connectivity index is 2.65. The van der Waals surface area contributed by atoms with E-state index in [1.165, 1.54) is 18.2 Å². The number of nitrogens with one attached hydrogen (secondary N) is 2. The number of benzene rings is 1. The Morgan fingerprint density at radius 1 is 1.29 bits per heavy atom. The van der Waals surface area contributed by atoms with Crippen LogP contribution in [0.1, 0.15) is 12.8 Å². The van der Waals surface area contributed by atoms with E-state index in [4.69, 9.17) is 34.0 Å². The smallest absolute Gasteiger partial charge is 0.326 e. The molecule has 0 radical (unpaired) electrons. The quantitative estimate of drug-likeness (QED) is 0.634. The first kappa shape index (κ1) is 17.1. The van der Waals surface area contributed by atoms with Crippen LogP contribution >= 0.6 is 23.2 Å². The number of hydrogen-bond donors (Lipinski definition) is 4. The fourth-order valence-electron chi connectivity index (χ4n) is 1.45. The number of carboxylic acid groups (broad SMARTS) is 1. The minimum atomic E-state index is -1.27. The van der Waals surface area contributed by atoms with Crippen LogP contribution in [0, 0.1) is 0 Å². The average molecular weight is 334 g/mol. The first-order valence-electron chi connectivity index (χ1n) is 5.83. The van der Waals surface area contributed by atoms with Gasteiger partial charge >= 0.3 is 12.0 Å². The van der Waals surface area contributed by atoms with Gasteiger partial charge in [-0.25, -0.2) is 9.59 Å². The molecule has 0 aromatic heterocycles. The number of primary amides is 1. The zero-order chi connectivity index (χ0) is 16.0. The number of anilines is 1. The fraction of sp³-hybridized carbons (Fsp3) is 0.250. The van der Waals surface area contributed by atoms with E-state index < -0.39 is 23.9 Å². The number of hydrogen-bond acceptors (Lipinski definition) is 3. The summed E-state index contributed by atoms with van der Waals surface area (Å²) in [5.41, 5.74) is 5.21. The highest BCUT2D eigenvalue weighted by atomic mass is 35.5. The molecule has 9 heteroatoms. The second-order valence-corrected chi connectivity index (χ2v) is 4.96. The number of halogens is 2. The fourth-order valence-corrected chi connectivity index (χ4v) is 1.91. The Morgan fingerprint density at radius 2 is 1.95 bits per heavy atom. The van der Waals surface area contributed by atoms with Gasteiger partial charge in [-0.2, -0.15) is 0 Å². The summed E-state index contributed by atoms with van der Waals surface area (Å²) in [6.45, 7) is 0. The first-order valence-corrected chi connectivity index (χ1v) is 6.59. The Hall–Kier alpha value is -1.99. The maximum Gasteiger partial charge on any atom is 0.326 e. The predicted molar refractivity (Wildman–Crippen MR) is 78.5 cm³/mol. The minimum Gasteiger partial charge on any atom is -0.480 e. The van der Waals surface area contributed by atoms with Gasteiger partial charge in [0.1, 0.15) is 6.04 Å². The molecule has 0 fully saturated rings. The van der Waals surface area contributed by atoms with Gasteiger partial charge < -0.3 is 21.5 Å². The van der Waals surface area contributed by atoms with Gasteiger partial charge in [0.15, 0.2) is 0 Å². The summed E-state index contributed by atoms with van der Waals surface area (Å²) in [6.07, 6.45) is -0.259. The zero-order valence-corrected chi connectivity index (χ0v) is 12.2. The molecular weight excluding hydrogens is 321 g/mol. The Morgan fingerprint density at radius 3 is 2.48 bits per heavy atom. The van der Waals surface area contributed by atoms with Gasteiger partial charge in [-0.15, -0.1) is 0 Å². The molecule has 0 spiro atoms. The summed E-state index contributed by atoms with van der Waals surface area (Å²) in [6, 6.07) is 2.43. The summed E-state index contributed by atoms with van der Waals surface area (Å²) in [4.78, 5) is 33.3. The van der Waals surface area contributed by atoms with Crippen molar-refractivity contribution >= 4 is 46.8 Å². The van der Waals surface area contributed by atoms with E-state index >= 15 is 0 Å². The Kier molecular flexibility index (Phi) is 6.26. The topological polar surface area (TPSA) is 122 Å². The van der Waals surface area contributed by atoms with Crippen molar-refractivity contribution in [2.24, 2.45) is 5.73 Å². The molecule has 1 aromatic carbocycles. The third-order valence-electron chi connectivity index (χ3n) is 2.46. The molecule has 7 nitrogen and oxygen atoms in total. The maximum atomic E-state index is 11.7. The van der Waals surface area contributed by atoms with E-state index in [0.717, 1.165) is 0 Å². The number of carboxylic acids is 1. The molecule has 0 aliphatic heterocycles. The van der Waals surface area contributed by atoms with E-state index in [0.29, 0.717) is 5.02 Å². The standard InChI is InChI=1S/C12H13Cl2N3O4/c13-6-1-2-8(7(14)5-6)16-12(21)17-9(11(19)20)3-4-10(15)18/h1-2,5,9H,3-4H2,(H2,15,18)(H,19,20)(H2,16,17,21)/t9-/m0/s1. The highest BCUT2D eigenvalue weighted by Gasteiger charge is 2.20. The van der Waals surface area contributed by atoms with E-state index in [1.807, 2.05) is 0 Å². The van der Waals surface area contributed by atoms with Crippen molar-refractivity contribution in [3.63, 3.8) is 0 Å². The van der Waals surface area contributed by atoms with Crippen LogP contribution in [0.3, 0.4) is 0 Å². The van der Waals surface area contributed by atoms with Gasteiger partial charge in [0.2, 0.25) is 5.91 Å². The van der Waals surface area contributed by atoms with E-state index in [9.17, 15) is 14.4 Å². The van der Waals surface area contributed by atoms with Crippen LogP contribution in [-0.4, -0.2) is 29.1 Å². The molecule has 0 heterocycles. The lowest BCUT2D eigenvalue weighted by atomic mass is 10.1. The van der Waals surface area contributed by atoms with Gasteiger partial charge in [0, 0.05) is 11.4 Å². The predicted octanol–water partition coefficient (Wildman–Crippen LogP) is 1.83. The summed E-state index contributed by atoms with van der Waals surface area (Å²) in [5, 5.41) is 14.2. The van der Waals surface area contributed by atoms with Crippen molar-refractivity contribution in [3.8, 4) is 0 Å². The number of urea groups is 1. The second kappa shape index (κ2) is 7.70. The molecule has 0 bridgehead atoms. The van der Waals surface area contributed by atoms with Crippen LogP contribution in [0.4, 0.5) is 10.5 Å². The van der Waals surface area contributed by atoms with Crippen LogP contribution in [0.5, 0.6) is 0 Å². The van der Waals surface area contributed by atoms with E-state index in [2.05, 4.69) is 10.6 Å². The first-order chi connectivity index (χ1) is 9.79. The number of nitrogens with two attached hydrogens (primary N) is 1. The van der Waals surface area contributed by atoms with Crippen LogP contribution in [0.15, 0.2) is 18.2 Å². The number of amides is 3. The van der Waals surface area contributed by atoms with Crippen molar-refractivity contribution in [1.82, 2.24) is 5.32 Å². The minimum absolute atomic E-state index is 0.105. The number of carbonyl (C=O) groups is 3. The van der Waals surface area contributed by atoms with Crippen molar-refractivity contribution in [2.75, 3.05) is 5.32 Å². The molecule has 1 atom stereocenters. The van der Waals surface area contributed by atoms with Gasteiger partial charge in [-0.05, 0) is 24.6 Å². The Labute approximate surface area is 130 Å². The van der Waals surface area contributed by atoms with Crippen molar-refractivity contribution in [3.05, 3.63) is 28.2 Å². The molecule has 0 aliphatic carbocycles. The lowest BCUT2D eigenvalue weighted by molar-refractivity contribution is -0.139. The van der Waals surface area contributed by atoms with E-state index in [-0.39, 0.29) is 23.6 Å². The lowest BCUT2D eigenvalue weighted by Gasteiger charge is -2.15. The molecule has 3 amide bonds. The maximum absolute atomic E-state index is 11.7. The van der Waals surface area contributed by atoms with Crippen molar-refractivity contribution < 1.29 is 19.5 Å². The SMILES string of the molecule is NC(=O)CC[C@H](NC(=O)Nc1ccc(Cl)cc1Cl)C(=O)O. The second-order valence-electron chi connectivity index (χ2n) is 4.12. The van der Waals surface area contributed by atoms with Gasteiger partial charge in [-0.3, -0.25) is 4.79 Å². The molecule has 1 aromatic rings. The molecule has 0 aliphatic rings. The highest BCUT2D eigenvalue weighted by Crippen LogP contribution is 2.25. The van der Waals surface area contributed by atoms with Gasteiger partial charge in [0.25, 0.3) is 0 Å². The summed E-state index contributed by atoms with van der Waals surface area (Å²) < 4.78 is 0. The third-order valence-corrected chi connectivity index (χ3v) is 3.01. The monoisotopic (exact) mass is 333 g/mol. The molecule has 0 unspecified atom stereocenters. The normalized spacial score (nSPS) is 11.5. The van der Waals surface area contributed by atoms with Crippen LogP contribution in [-0.2, 0) is 9.59 Å². The summed E-state index contributed by atoms with van der Waals surface area (Å²) >= 11 is 11.6. The van der Waals surface area contributed by atoms with Crippen molar-refractivity contribution in [1.29, 1.82) is 0 Å². The average Bonchev–Trinajstić information content (AvgIpc) is 2.37. The number of carbonyl (C=O) groups excluding carboxylic acids is 2. The molecule has 21 heavy (non-hydrogen) atoms. The summed E-state index contributed by atoms with van der Waals surface area (Å²) in [5.74, 6) is -1.92. The van der Waals surface area contributed by atoms with Gasteiger partial charge in [0.05, 0.1) is 10.7 Å². The van der Waals surface area contributed by atoms with Crippen molar-refractivity contribution in [2.45, 2.75) is 18.9 Å². The molecule has 1 rings (SSSR count). The Bertz CT molecular complexity index is 565. The van der Waals surface area contributed by atoms with Crippen LogP contribution in [0.2, 0.25) is 10.0 Å². The third kappa shape index (κ3) is 5.88. The van der Waals surface area contributed by atoms with Gasteiger partial charge in [-0.1, -0.05) is 23.2 Å². The molecule has 114 valence electrons. The summed E-state index contributed by atoms with van der Waals surface area (Å²) in [7, 11) is 0. The van der Waals surface area contributed by atoms with Crippen LogP contribution in [0.25, 0.3) is 0 Å². The lowest BCUT2D eigenvalue weighted by Crippen LogP contribution is -2.43. The number of aliphatic carboxylic acids is 1. The number of rotatable bonds is 6. The molecule has 5 N–H and O–H groups in total. The largest absolute Gasteiger partial charge is 0.480 e.